The Kier molecular flexibility index (Phi) is 5.95. The van der Waals surface area contributed by atoms with Gasteiger partial charge >= 0.3 is 5.97 Å². The van der Waals surface area contributed by atoms with Crippen molar-refractivity contribution in [3.05, 3.63) is 12.2 Å². The van der Waals surface area contributed by atoms with Crippen molar-refractivity contribution in [2.45, 2.75) is 58.5 Å². The number of ketones is 1. The van der Waals surface area contributed by atoms with E-state index in [1.165, 1.54) is 0 Å². The first kappa shape index (κ1) is 13.9. The van der Waals surface area contributed by atoms with Crippen LogP contribution in [0.2, 0.25) is 0 Å². The summed E-state index contributed by atoms with van der Waals surface area (Å²) < 4.78 is 5.24. The Hall–Kier alpha value is -1.12. The number of ether oxygens (including phenoxy) is 1. The number of hydrogen-bond donors (Lipinski definition) is 0. The van der Waals surface area contributed by atoms with Gasteiger partial charge in [-0.15, -0.1) is 0 Å². The maximum atomic E-state index is 12.1. The van der Waals surface area contributed by atoms with E-state index in [1.54, 1.807) is 0 Å². The summed E-state index contributed by atoms with van der Waals surface area (Å²) in [6.07, 6.45) is 8.02. The molecule has 1 rings (SSSR count). The molecule has 0 amide bonds. The van der Waals surface area contributed by atoms with Gasteiger partial charge in [-0.3, -0.25) is 9.59 Å². The van der Waals surface area contributed by atoms with Gasteiger partial charge in [0.25, 0.3) is 0 Å². The van der Waals surface area contributed by atoms with Crippen LogP contribution >= 0.6 is 0 Å². The first-order chi connectivity index (χ1) is 8.19. The van der Waals surface area contributed by atoms with Crippen molar-refractivity contribution in [1.82, 2.24) is 0 Å². The predicted octanol–water partition coefficient (Wildman–Crippen LogP) is 3.03. The molecule has 0 N–H and O–H groups in total. The lowest BCUT2D eigenvalue weighted by Gasteiger charge is -2.26. The van der Waals surface area contributed by atoms with Gasteiger partial charge < -0.3 is 4.74 Å². The molecule has 0 radical (unpaired) electrons. The largest absolute Gasteiger partial charge is 0.454 e. The highest BCUT2D eigenvalue weighted by atomic mass is 16.5. The maximum Gasteiger partial charge on any atom is 0.306 e. The molecule has 3 heteroatoms. The van der Waals surface area contributed by atoms with E-state index in [1.807, 2.05) is 26.0 Å². The molecule has 0 bridgehead atoms. The maximum absolute atomic E-state index is 12.1. The van der Waals surface area contributed by atoms with E-state index in [0.29, 0.717) is 12.8 Å². The topological polar surface area (TPSA) is 43.4 Å². The van der Waals surface area contributed by atoms with Crippen molar-refractivity contribution >= 4 is 11.8 Å². The third kappa shape index (κ3) is 4.33. The summed E-state index contributed by atoms with van der Waals surface area (Å²) in [5.74, 6) is -0.0873. The van der Waals surface area contributed by atoms with Gasteiger partial charge in [0.2, 0.25) is 0 Å². The SMILES string of the molecule is CC=CCC1CCCC(OC(=O)CCC)C1=O. The standard InChI is InChI=1S/C14H22O3/c1-3-5-8-11-9-6-10-12(14(11)16)17-13(15)7-4-2/h3,5,11-12H,4,6-10H2,1-2H3. The minimum absolute atomic E-state index is 0.0411. The first-order valence-corrected chi connectivity index (χ1v) is 6.53. The molecule has 3 nitrogen and oxygen atoms in total. The molecule has 1 saturated carbocycles. The van der Waals surface area contributed by atoms with Gasteiger partial charge in [-0.05, 0) is 39.0 Å². The molecule has 1 fully saturated rings. The van der Waals surface area contributed by atoms with Gasteiger partial charge in [-0.1, -0.05) is 19.1 Å². The highest BCUT2D eigenvalue weighted by Crippen LogP contribution is 2.26. The number of carbonyl (C=O) groups excluding carboxylic acids is 2. The van der Waals surface area contributed by atoms with Crippen LogP contribution in [0.5, 0.6) is 0 Å². The van der Waals surface area contributed by atoms with Crippen LogP contribution in [0.4, 0.5) is 0 Å². The lowest BCUT2D eigenvalue weighted by molar-refractivity contribution is -0.158. The molecule has 0 aliphatic heterocycles. The highest BCUT2D eigenvalue weighted by Gasteiger charge is 2.32. The fourth-order valence-electron chi connectivity index (χ4n) is 2.17. The second-order valence-corrected chi connectivity index (χ2v) is 4.56. The Bertz CT molecular complexity index is 294. The second-order valence-electron chi connectivity index (χ2n) is 4.56. The molecule has 2 atom stereocenters. The van der Waals surface area contributed by atoms with Crippen LogP contribution < -0.4 is 0 Å². The van der Waals surface area contributed by atoms with Crippen LogP contribution in [-0.4, -0.2) is 17.9 Å². The fourth-order valence-corrected chi connectivity index (χ4v) is 2.17. The molecule has 0 saturated heterocycles. The van der Waals surface area contributed by atoms with Gasteiger partial charge in [0.15, 0.2) is 11.9 Å². The molecule has 1 aliphatic rings. The van der Waals surface area contributed by atoms with Crippen molar-refractivity contribution < 1.29 is 14.3 Å². The molecule has 96 valence electrons. The number of hydrogen-bond acceptors (Lipinski definition) is 3. The predicted molar refractivity (Wildman–Crippen MR) is 66.6 cm³/mol. The first-order valence-electron chi connectivity index (χ1n) is 6.53. The molecule has 2 unspecified atom stereocenters. The quantitative estimate of drug-likeness (QED) is 0.546. The van der Waals surface area contributed by atoms with E-state index in [0.717, 1.165) is 25.7 Å². The lowest BCUT2D eigenvalue weighted by Crippen LogP contribution is -2.36. The van der Waals surface area contributed by atoms with Crippen LogP contribution in [0.15, 0.2) is 12.2 Å². The van der Waals surface area contributed by atoms with Gasteiger partial charge in [-0.2, -0.15) is 0 Å². The Balaban J connectivity index is 2.49. The molecular weight excluding hydrogens is 216 g/mol. The Morgan fingerprint density at radius 2 is 2.24 bits per heavy atom. The van der Waals surface area contributed by atoms with E-state index in [9.17, 15) is 9.59 Å². The average Bonchev–Trinajstić information content (AvgIpc) is 2.30. The summed E-state index contributed by atoms with van der Waals surface area (Å²) >= 11 is 0. The summed E-state index contributed by atoms with van der Waals surface area (Å²) in [5, 5.41) is 0. The van der Waals surface area contributed by atoms with Crippen molar-refractivity contribution in [1.29, 1.82) is 0 Å². The lowest BCUT2D eigenvalue weighted by atomic mass is 9.83. The van der Waals surface area contributed by atoms with Crippen LogP contribution in [0.3, 0.4) is 0 Å². The summed E-state index contributed by atoms with van der Waals surface area (Å²) in [5.41, 5.74) is 0. The zero-order valence-corrected chi connectivity index (χ0v) is 10.8. The van der Waals surface area contributed by atoms with Crippen LogP contribution in [0.1, 0.15) is 52.4 Å². The molecule has 0 spiro atoms. The van der Waals surface area contributed by atoms with Crippen LogP contribution in [0.25, 0.3) is 0 Å². The highest BCUT2D eigenvalue weighted by molar-refractivity contribution is 5.88. The molecule has 0 aromatic rings. The number of esters is 1. The van der Waals surface area contributed by atoms with E-state index in [2.05, 4.69) is 0 Å². The second kappa shape index (κ2) is 7.25. The van der Waals surface area contributed by atoms with Gasteiger partial charge in [0.1, 0.15) is 0 Å². The van der Waals surface area contributed by atoms with Crippen LogP contribution in [-0.2, 0) is 14.3 Å². The fraction of sp³-hybridized carbons (Fsp3) is 0.714. The molecular formula is C14H22O3. The normalized spacial score (nSPS) is 25.2. The Morgan fingerprint density at radius 3 is 2.88 bits per heavy atom. The Labute approximate surface area is 103 Å². The molecule has 0 aromatic heterocycles. The van der Waals surface area contributed by atoms with Crippen molar-refractivity contribution in [3.8, 4) is 0 Å². The van der Waals surface area contributed by atoms with E-state index < -0.39 is 6.10 Å². The van der Waals surface area contributed by atoms with Crippen molar-refractivity contribution in [2.24, 2.45) is 5.92 Å². The summed E-state index contributed by atoms with van der Waals surface area (Å²) in [6, 6.07) is 0. The van der Waals surface area contributed by atoms with Crippen molar-refractivity contribution in [3.63, 3.8) is 0 Å². The van der Waals surface area contributed by atoms with Gasteiger partial charge in [0.05, 0.1) is 0 Å². The molecule has 17 heavy (non-hydrogen) atoms. The zero-order valence-electron chi connectivity index (χ0n) is 10.8. The zero-order chi connectivity index (χ0) is 12.7. The average molecular weight is 238 g/mol. The van der Waals surface area contributed by atoms with Gasteiger partial charge in [0, 0.05) is 12.3 Å². The van der Waals surface area contributed by atoms with E-state index in [-0.39, 0.29) is 17.7 Å². The van der Waals surface area contributed by atoms with E-state index >= 15 is 0 Å². The number of allylic oxidation sites excluding steroid dienone is 2. The summed E-state index contributed by atoms with van der Waals surface area (Å²) in [4.78, 5) is 23.4. The third-order valence-electron chi connectivity index (χ3n) is 3.12. The monoisotopic (exact) mass is 238 g/mol. The minimum atomic E-state index is -0.488. The van der Waals surface area contributed by atoms with Gasteiger partial charge in [-0.25, -0.2) is 0 Å². The third-order valence-corrected chi connectivity index (χ3v) is 3.12. The summed E-state index contributed by atoms with van der Waals surface area (Å²) in [7, 11) is 0. The number of Topliss-reactive ketones (excluding diaryl/α,β-unsaturated/α-hetero) is 1. The summed E-state index contributed by atoms with van der Waals surface area (Å²) in [6.45, 7) is 3.88. The molecule has 1 aliphatic carbocycles. The van der Waals surface area contributed by atoms with Crippen molar-refractivity contribution in [2.75, 3.05) is 0 Å². The molecule has 0 heterocycles. The smallest absolute Gasteiger partial charge is 0.306 e. The van der Waals surface area contributed by atoms with E-state index in [4.69, 9.17) is 4.74 Å². The van der Waals surface area contributed by atoms with Crippen LogP contribution in [0, 0.1) is 5.92 Å². The molecule has 0 aromatic carbocycles. The number of carbonyl (C=O) groups is 2. The minimum Gasteiger partial charge on any atom is -0.454 e. The number of rotatable bonds is 5. The Morgan fingerprint density at radius 1 is 1.47 bits per heavy atom.